The van der Waals surface area contributed by atoms with Crippen LogP contribution in [0.15, 0.2) is 41.3 Å². The summed E-state index contributed by atoms with van der Waals surface area (Å²) < 4.78 is 10.2. The molecule has 3 amide bonds. The van der Waals surface area contributed by atoms with E-state index in [9.17, 15) is 24.6 Å². The van der Waals surface area contributed by atoms with Crippen LogP contribution in [0, 0.1) is 0 Å². The van der Waals surface area contributed by atoms with E-state index in [2.05, 4.69) is 5.32 Å². The van der Waals surface area contributed by atoms with Gasteiger partial charge in [0.15, 0.2) is 11.5 Å². The van der Waals surface area contributed by atoms with Crippen molar-refractivity contribution in [3.05, 3.63) is 46.9 Å². The Balaban J connectivity index is 1.75. The number of hydrogen-bond acceptors (Lipinski definition) is 8. The summed E-state index contributed by atoms with van der Waals surface area (Å²) in [5.74, 6) is -1.02. The maximum absolute atomic E-state index is 12.6. The number of methoxy groups -OCH3 is 2. The molecule has 1 aliphatic heterocycles. The van der Waals surface area contributed by atoms with Crippen LogP contribution < -0.4 is 14.8 Å². The van der Waals surface area contributed by atoms with E-state index in [0.29, 0.717) is 23.0 Å². The standard InChI is InChI=1S/C20H18N2O7S/c1-28-14-7-11(8-15(29-2)18(14)25)9-16-19(26)22(20(27)30-16)10-17(24)21-12-3-5-13(23)6-4-12/h3-9,23,25H,10H2,1-2H3,(H,21,24)/b16-9-. The molecule has 0 atom stereocenters. The minimum Gasteiger partial charge on any atom is -0.508 e. The zero-order chi connectivity index (χ0) is 21.8. The molecular weight excluding hydrogens is 412 g/mol. The quantitative estimate of drug-likeness (QED) is 0.472. The largest absolute Gasteiger partial charge is 0.508 e. The maximum Gasteiger partial charge on any atom is 0.294 e. The molecule has 1 fully saturated rings. The Hall–Kier alpha value is -3.66. The number of ether oxygens (including phenoxy) is 2. The molecule has 0 spiro atoms. The molecule has 3 N–H and O–H groups in total. The molecule has 2 aromatic carbocycles. The van der Waals surface area contributed by atoms with Gasteiger partial charge in [-0.2, -0.15) is 0 Å². The van der Waals surface area contributed by atoms with Crippen LogP contribution >= 0.6 is 11.8 Å². The average molecular weight is 430 g/mol. The summed E-state index contributed by atoms with van der Waals surface area (Å²) in [7, 11) is 2.75. The molecule has 9 nitrogen and oxygen atoms in total. The fraction of sp³-hybridized carbons (Fsp3) is 0.150. The minimum atomic E-state index is -0.614. The molecule has 30 heavy (non-hydrogen) atoms. The van der Waals surface area contributed by atoms with E-state index in [1.165, 1.54) is 56.7 Å². The zero-order valence-corrected chi connectivity index (χ0v) is 16.9. The van der Waals surface area contributed by atoms with Crippen molar-refractivity contribution in [3.63, 3.8) is 0 Å². The first-order valence-electron chi connectivity index (χ1n) is 8.61. The van der Waals surface area contributed by atoms with E-state index >= 15 is 0 Å². The van der Waals surface area contributed by atoms with Gasteiger partial charge >= 0.3 is 0 Å². The summed E-state index contributed by atoms with van der Waals surface area (Å²) in [6.07, 6.45) is 1.45. The third-order valence-electron chi connectivity index (χ3n) is 4.13. The lowest BCUT2D eigenvalue weighted by molar-refractivity contribution is -0.127. The van der Waals surface area contributed by atoms with Crippen molar-refractivity contribution < 1.29 is 34.1 Å². The van der Waals surface area contributed by atoms with Gasteiger partial charge in [-0.15, -0.1) is 0 Å². The Bertz CT molecular complexity index is 1010. The van der Waals surface area contributed by atoms with Gasteiger partial charge in [0.1, 0.15) is 12.3 Å². The fourth-order valence-electron chi connectivity index (χ4n) is 2.67. The molecule has 0 aromatic heterocycles. The van der Waals surface area contributed by atoms with Gasteiger partial charge in [-0.3, -0.25) is 19.3 Å². The molecule has 156 valence electrons. The summed E-state index contributed by atoms with van der Waals surface area (Å²) in [6, 6.07) is 8.77. The van der Waals surface area contributed by atoms with E-state index in [0.717, 1.165) is 4.90 Å². The third kappa shape index (κ3) is 4.49. The number of nitrogens with one attached hydrogen (secondary N) is 1. The first-order chi connectivity index (χ1) is 14.3. The number of carbonyl (C=O) groups excluding carboxylic acids is 3. The van der Waals surface area contributed by atoms with Crippen molar-refractivity contribution in [2.75, 3.05) is 26.1 Å². The Morgan fingerprint density at radius 2 is 1.70 bits per heavy atom. The average Bonchev–Trinajstić information content (AvgIpc) is 2.98. The third-order valence-corrected chi connectivity index (χ3v) is 5.03. The lowest BCUT2D eigenvalue weighted by atomic mass is 10.1. The topological polar surface area (TPSA) is 125 Å². The summed E-state index contributed by atoms with van der Waals surface area (Å²) in [5.41, 5.74) is 0.893. The number of aromatic hydroxyl groups is 2. The zero-order valence-electron chi connectivity index (χ0n) is 16.0. The predicted molar refractivity (Wildman–Crippen MR) is 111 cm³/mol. The molecule has 1 aliphatic rings. The van der Waals surface area contributed by atoms with Gasteiger partial charge in [0.2, 0.25) is 11.7 Å². The molecule has 3 rings (SSSR count). The summed E-state index contributed by atoms with van der Waals surface area (Å²) in [4.78, 5) is 38.0. The van der Waals surface area contributed by atoms with E-state index < -0.39 is 23.6 Å². The van der Waals surface area contributed by atoms with Crippen molar-refractivity contribution in [2.24, 2.45) is 0 Å². The molecule has 10 heteroatoms. The first kappa shape index (κ1) is 21.1. The number of imide groups is 1. The Morgan fingerprint density at radius 3 is 2.27 bits per heavy atom. The second kappa shape index (κ2) is 8.78. The lowest BCUT2D eigenvalue weighted by Gasteiger charge is -2.12. The second-order valence-electron chi connectivity index (χ2n) is 6.14. The molecule has 1 saturated heterocycles. The molecule has 2 aromatic rings. The van der Waals surface area contributed by atoms with Gasteiger partial charge in [0, 0.05) is 5.69 Å². The van der Waals surface area contributed by atoms with Crippen LogP contribution in [-0.4, -0.2) is 52.9 Å². The Kier molecular flexibility index (Phi) is 6.17. The number of phenols is 2. The number of anilines is 1. The highest BCUT2D eigenvalue weighted by molar-refractivity contribution is 8.18. The Morgan fingerprint density at radius 1 is 1.10 bits per heavy atom. The van der Waals surface area contributed by atoms with Crippen molar-refractivity contribution in [2.45, 2.75) is 0 Å². The van der Waals surface area contributed by atoms with Crippen LogP contribution in [0.25, 0.3) is 6.08 Å². The van der Waals surface area contributed by atoms with Gasteiger partial charge in [-0.05, 0) is 59.8 Å². The normalized spacial score (nSPS) is 14.9. The Labute approximate surface area is 175 Å². The summed E-state index contributed by atoms with van der Waals surface area (Å²) >= 11 is 0.699. The number of rotatable bonds is 6. The van der Waals surface area contributed by atoms with Crippen LogP contribution in [0.3, 0.4) is 0 Å². The highest BCUT2D eigenvalue weighted by atomic mass is 32.2. The van der Waals surface area contributed by atoms with Crippen molar-refractivity contribution >= 4 is 40.6 Å². The van der Waals surface area contributed by atoms with Gasteiger partial charge in [-0.25, -0.2) is 0 Å². The number of benzene rings is 2. The molecular formula is C20H18N2O7S. The van der Waals surface area contributed by atoms with Gasteiger partial charge in [-0.1, -0.05) is 0 Å². The van der Waals surface area contributed by atoms with Gasteiger partial charge in [0.25, 0.3) is 11.1 Å². The number of nitrogens with zero attached hydrogens (tertiary/aromatic N) is 1. The van der Waals surface area contributed by atoms with Crippen molar-refractivity contribution in [1.82, 2.24) is 4.90 Å². The smallest absolute Gasteiger partial charge is 0.294 e. The number of thioether (sulfide) groups is 1. The van der Waals surface area contributed by atoms with Crippen molar-refractivity contribution in [3.8, 4) is 23.0 Å². The molecule has 0 aliphatic carbocycles. The maximum atomic E-state index is 12.6. The van der Waals surface area contributed by atoms with Crippen LogP contribution in [0.1, 0.15) is 5.56 Å². The monoisotopic (exact) mass is 430 g/mol. The van der Waals surface area contributed by atoms with E-state index in [1.807, 2.05) is 0 Å². The molecule has 0 saturated carbocycles. The van der Waals surface area contributed by atoms with E-state index in [4.69, 9.17) is 9.47 Å². The summed E-state index contributed by atoms with van der Waals surface area (Å²) in [6.45, 7) is -0.453. The van der Waals surface area contributed by atoms with Crippen LogP contribution in [-0.2, 0) is 9.59 Å². The van der Waals surface area contributed by atoms with Gasteiger partial charge in [0.05, 0.1) is 19.1 Å². The summed E-state index contributed by atoms with van der Waals surface area (Å²) in [5, 5.41) is 21.2. The SMILES string of the molecule is COc1cc(/C=C2\SC(=O)N(CC(=O)Nc3ccc(O)cc3)C2=O)cc(OC)c1O. The molecule has 0 radical (unpaired) electrons. The predicted octanol–water partition coefficient (Wildman–Crippen LogP) is 2.79. The number of carbonyl (C=O) groups is 3. The van der Waals surface area contributed by atoms with Crippen LogP contribution in [0.4, 0.5) is 10.5 Å². The number of amides is 3. The lowest BCUT2D eigenvalue weighted by Crippen LogP contribution is -2.36. The fourth-order valence-corrected chi connectivity index (χ4v) is 3.51. The van der Waals surface area contributed by atoms with Gasteiger partial charge < -0.3 is 25.0 Å². The van der Waals surface area contributed by atoms with E-state index in [-0.39, 0.29) is 27.9 Å². The van der Waals surface area contributed by atoms with Crippen LogP contribution in [0.5, 0.6) is 23.0 Å². The minimum absolute atomic E-state index is 0.0477. The molecule has 0 unspecified atom stereocenters. The second-order valence-corrected chi connectivity index (χ2v) is 7.13. The highest BCUT2D eigenvalue weighted by Crippen LogP contribution is 2.39. The first-order valence-corrected chi connectivity index (χ1v) is 9.43. The van der Waals surface area contributed by atoms with Crippen molar-refractivity contribution in [1.29, 1.82) is 0 Å². The molecule has 0 bridgehead atoms. The highest BCUT2D eigenvalue weighted by Gasteiger charge is 2.36. The van der Waals surface area contributed by atoms with Crippen LogP contribution in [0.2, 0.25) is 0 Å². The number of hydrogen-bond donors (Lipinski definition) is 3. The number of phenolic OH excluding ortho intramolecular Hbond substituents is 2. The molecule has 1 heterocycles. The van der Waals surface area contributed by atoms with E-state index in [1.54, 1.807) is 0 Å².